The van der Waals surface area contributed by atoms with E-state index in [-0.39, 0.29) is 16.8 Å². The second-order valence-electron chi connectivity index (χ2n) is 8.02. The molecule has 0 aliphatic carbocycles. The first-order chi connectivity index (χ1) is 15.3. The van der Waals surface area contributed by atoms with E-state index in [0.717, 1.165) is 18.4 Å². The summed E-state index contributed by atoms with van der Waals surface area (Å²) >= 11 is 5.89. The molecule has 0 spiro atoms. The van der Waals surface area contributed by atoms with Gasteiger partial charge in [0.25, 0.3) is 15.9 Å². The van der Waals surface area contributed by atoms with Crippen molar-refractivity contribution in [1.82, 2.24) is 5.32 Å². The molecule has 0 saturated heterocycles. The zero-order chi connectivity index (χ0) is 22.7. The molecule has 1 aliphatic heterocycles. The fourth-order valence-corrected chi connectivity index (χ4v) is 5.53. The van der Waals surface area contributed by atoms with Crippen LogP contribution in [0.5, 0.6) is 0 Å². The van der Waals surface area contributed by atoms with E-state index in [9.17, 15) is 13.2 Å². The summed E-state index contributed by atoms with van der Waals surface area (Å²) in [7, 11) is -3.68. The van der Waals surface area contributed by atoms with Gasteiger partial charge in [-0.25, -0.2) is 8.42 Å². The fraction of sp³-hybridized carbons (Fsp3) is 0.240. The molecule has 3 aromatic carbocycles. The minimum Gasteiger partial charge on any atom is -0.350 e. The Morgan fingerprint density at radius 2 is 1.78 bits per heavy atom. The summed E-state index contributed by atoms with van der Waals surface area (Å²) in [5.41, 5.74) is 3.26. The van der Waals surface area contributed by atoms with Gasteiger partial charge in [-0.3, -0.25) is 9.10 Å². The van der Waals surface area contributed by atoms with Gasteiger partial charge in [-0.1, -0.05) is 41.9 Å². The summed E-state index contributed by atoms with van der Waals surface area (Å²) in [4.78, 5) is 12.9. The lowest BCUT2D eigenvalue weighted by Crippen LogP contribution is -2.33. The van der Waals surface area contributed by atoms with Crippen LogP contribution in [0.3, 0.4) is 0 Å². The maximum atomic E-state index is 13.1. The molecular formula is C25H25ClN2O3S. The number of carbonyl (C=O) groups is 1. The van der Waals surface area contributed by atoms with Gasteiger partial charge in [-0.15, -0.1) is 0 Å². The Balaban J connectivity index is 1.44. The number of nitrogens with one attached hydrogen (secondary N) is 1. The first-order valence-electron chi connectivity index (χ1n) is 10.6. The first-order valence-corrected chi connectivity index (χ1v) is 12.4. The quantitative estimate of drug-likeness (QED) is 0.539. The van der Waals surface area contributed by atoms with Crippen molar-refractivity contribution in [2.75, 3.05) is 10.8 Å². The highest BCUT2D eigenvalue weighted by Crippen LogP contribution is 2.34. The normalized spacial score (nSPS) is 14.1. The van der Waals surface area contributed by atoms with Gasteiger partial charge in [0.05, 0.1) is 10.6 Å². The summed E-state index contributed by atoms with van der Waals surface area (Å²) in [5.74, 6) is -0.146. The van der Waals surface area contributed by atoms with Crippen LogP contribution >= 0.6 is 11.6 Å². The molecule has 1 atom stereocenters. The van der Waals surface area contributed by atoms with Crippen molar-refractivity contribution < 1.29 is 13.2 Å². The molecule has 4 rings (SSSR count). The van der Waals surface area contributed by atoms with Crippen LogP contribution in [0.4, 0.5) is 5.69 Å². The third-order valence-corrected chi connectivity index (χ3v) is 7.76. The number of hydrogen-bond acceptors (Lipinski definition) is 3. The van der Waals surface area contributed by atoms with E-state index < -0.39 is 10.0 Å². The Bertz CT molecular complexity index is 1210. The molecule has 1 aliphatic rings. The lowest BCUT2D eigenvalue weighted by atomic mass is 10.0. The maximum absolute atomic E-state index is 13.1. The molecule has 1 unspecified atom stereocenters. The van der Waals surface area contributed by atoms with Crippen molar-refractivity contribution in [2.45, 2.75) is 37.1 Å². The van der Waals surface area contributed by atoms with Crippen molar-refractivity contribution in [3.05, 3.63) is 94.5 Å². The molecule has 166 valence electrons. The Morgan fingerprint density at radius 3 is 2.50 bits per heavy atom. The van der Waals surface area contributed by atoms with Crippen LogP contribution in [0.15, 0.2) is 77.7 Å². The van der Waals surface area contributed by atoms with E-state index >= 15 is 0 Å². The number of anilines is 1. The number of sulfonamides is 1. The van der Waals surface area contributed by atoms with Crippen molar-refractivity contribution in [3.8, 4) is 0 Å². The highest BCUT2D eigenvalue weighted by molar-refractivity contribution is 7.92. The van der Waals surface area contributed by atoms with Crippen LogP contribution < -0.4 is 9.62 Å². The van der Waals surface area contributed by atoms with Gasteiger partial charge in [0, 0.05) is 23.2 Å². The van der Waals surface area contributed by atoms with Crippen LogP contribution in [0.2, 0.25) is 5.02 Å². The smallest absolute Gasteiger partial charge is 0.264 e. The highest BCUT2D eigenvalue weighted by Gasteiger charge is 2.31. The predicted octanol–water partition coefficient (Wildman–Crippen LogP) is 4.84. The number of carbonyl (C=O) groups excluding carboxylic acids is 1. The van der Waals surface area contributed by atoms with E-state index in [0.29, 0.717) is 29.2 Å². The van der Waals surface area contributed by atoms with E-state index in [4.69, 9.17) is 11.6 Å². The molecular weight excluding hydrogens is 444 g/mol. The summed E-state index contributed by atoms with van der Waals surface area (Å²) in [6, 6.07) is 21.6. The zero-order valence-corrected chi connectivity index (χ0v) is 19.4. The van der Waals surface area contributed by atoms with E-state index in [1.165, 1.54) is 22.0 Å². The molecule has 0 fully saturated rings. The summed E-state index contributed by atoms with van der Waals surface area (Å²) in [6.07, 6.45) is 2.30. The van der Waals surface area contributed by atoms with E-state index in [2.05, 4.69) is 17.4 Å². The second kappa shape index (κ2) is 9.35. The van der Waals surface area contributed by atoms with Crippen LogP contribution in [0, 0.1) is 0 Å². The van der Waals surface area contributed by atoms with Gasteiger partial charge in [-0.05, 0) is 79.8 Å². The van der Waals surface area contributed by atoms with E-state index in [1.807, 2.05) is 25.1 Å². The van der Waals surface area contributed by atoms with Crippen molar-refractivity contribution in [1.29, 1.82) is 0 Å². The lowest BCUT2D eigenvalue weighted by molar-refractivity contribution is 0.0938. The Kier molecular flexibility index (Phi) is 6.53. The monoisotopic (exact) mass is 468 g/mol. The van der Waals surface area contributed by atoms with Crippen LogP contribution in [0.25, 0.3) is 0 Å². The molecule has 7 heteroatoms. The SMILES string of the molecule is CC(CCc1ccccc1)NC(=O)c1ccc2c(c1)CCN2S(=O)(=O)c1ccc(Cl)cc1. The first kappa shape index (κ1) is 22.4. The molecule has 1 N–H and O–H groups in total. The third-order valence-electron chi connectivity index (χ3n) is 5.68. The number of fused-ring (bicyclic) bond motifs is 1. The molecule has 3 aromatic rings. The number of amides is 1. The predicted molar refractivity (Wildman–Crippen MR) is 128 cm³/mol. The number of rotatable bonds is 7. The van der Waals surface area contributed by atoms with Crippen molar-refractivity contribution >= 4 is 33.2 Å². The number of hydrogen-bond donors (Lipinski definition) is 1. The van der Waals surface area contributed by atoms with Crippen LogP contribution in [-0.4, -0.2) is 26.9 Å². The van der Waals surface area contributed by atoms with Gasteiger partial charge in [0.15, 0.2) is 0 Å². The maximum Gasteiger partial charge on any atom is 0.264 e. The Hall–Kier alpha value is -2.83. The molecule has 32 heavy (non-hydrogen) atoms. The number of nitrogens with zero attached hydrogens (tertiary/aromatic N) is 1. The minimum absolute atomic E-state index is 0.0257. The zero-order valence-electron chi connectivity index (χ0n) is 17.8. The Labute approximate surface area is 194 Å². The number of halogens is 1. The summed E-state index contributed by atoms with van der Waals surface area (Å²) in [6.45, 7) is 2.34. The van der Waals surface area contributed by atoms with Gasteiger partial charge >= 0.3 is 0 Å². The largest absolute Gasteiger partial charge is 0.350 e. The number of benzene rings is 3. The highest BCUT2D eigenvalue weighted by atomic mass is 35.5. The Morgan fingerprint density at radius 1 is 1.06 bits per heavy atom. The molecule has 0 radical (unpaired) electrons. The van der Waals surface area contributed by atoms with Gasteiger partial charge in [0.1, 0.15) is 0 Å². The fourth-order valence-electron chi connectivity index (χ4n) is 3.90. The average molecular weight is 469 g/mol. The topological polar surface area (TPSA) is 66.5 Å². The molecule has 1 heterocycles. The molecule has 0 saturated carbocycles. The molecule has 5 nitrogen and oxygen atoms in total. The summed E-state index contributed by atoms with van der Waals surface area (Å²) in [5, 5.41) is 3.53. The lowest BCUT2D eigenvalue weighted by Gasteiger charge is -2.20. The molecule has 0 aromatic heterocycles. The van der Waals surface area contributed by atoms with Gasteiger partial charge in [0.2, 0.25) is 0 Å². The minimum atomic E-state index is -3.68. The van der Waals surface area contributed by atoms with Crippen molar-refractivity contribution in [3.63, 3.8) is 0 Å². The van der Waals surface area contributed by atoms with Gasteiger partial charge in [-0.2, -0.15) is 0 Å². The summed E-state index contributed by atoms with van der Waals surface area (Å²) < 4.78 is 27.5. The van der Waals surface area contributed by atoms with Gasteiger partial charge < -0.3 is 5.32 Å². The average Bonchev–Trinajstić information content (AvgIpc) is 3.23. The van der Waals surface area contributed by atoms with Crippen molar-refractivity contribution in [2.24, 2.45) is 0 Å². The second-order valence-corrected chi connectivity index (χ2v) is 10.3. The molecule has 1 amide bonds. The third kappa shape index (κ3) is 4.81. The van der Waals surface area contributed by atoms with Crippen LogP contribution in [0.1, 0.15) is 34.8 Å². The standard InChI is InChI=1S/C25H25ClN2O3S/c1-18(7-8-19-5-3-2-4-6-19)27-25(29)21-9-14-24-20(17-21)15-16-28(24)32(30,31)23-12-10-22(26)11-13-23/h2-6,9-14,17-18H,7-8,15-16H2,1H3,(H,27,29). The number of aryl methyl sites for hydroxylation is 1. The molecule has 0 bridgehead atoms. The van der Waals surface area contributed by atoms with Crippen LogP contribution in [-0.2, 0) is 22.9 Å². The van der Waals surface area contributed by atoms with E-state index in [1.54, 1.807) is 30.3 Å².